The smallest absolute Gasteiger partial charge is 0.143 e. The lowest BCUT2D eigenvalue weighted by Gasteiger charge is -2.26. The van der Waals surface area contributed by atoms with Crippen molar-refractivity contribution in [2.45, 2.75) is 0 Å². The average molecular weight is 720 g/mol. The molecule has 55 heavy (non-hydrogen) atoms. The van der Waals surface area contributed by atoms with Crippen molar-refractivity contribution in [3.8, 4) is 33.4 Å². The highest BCUT2D eigenvalue weighted by molar-refractivity contribution is 7.25. The van der Waals surface area contributed by atoms with Gasteiger partial charge in [0.1, 0.15) is 11.2 Å². The first-order chi connectivity index (χ1) is 27.2. The molecule has 0 fully saturated rings. The van der Waals surface area contributed by atoms with Crippen LogP contribution in [0.1, 0.15) is 0 Å². The summed E-state index contributed by atoms with van der Waals surface area (Å²) >= 11 is 1.87. The van der Waals surface area contributed by atoms with E-state index in [9.17, 15) is 0 Å². The van der Waals surface area contributed by atoms with Crippen LogP contribution in [-0.4, -0.2) is 0 Å². The zero-order valence-corrected chi connectivity index (χ0v) is 30.6. The molecule has 0 amide bonds. The van der Waals surface area contributed by atoms with Crippen molar-refractivity contribution in [3.63, 3.8) is 0 Å². The van der Waals surface area contributed by atoms with Crippen LogP contribution < -0.4 is 4.90 Å². The highest BCUT2D eigenvalue weighted by atomic mass is 32.1. The van der Waals surface area contributed by atoms with Crippen molar-refractivity contribution in [1.82, 2.24) is 0 Å². The Morgan fingerprint density at radius 2 is 0.945 bits per heavy atom. The van der Waals surface area contributed by atoms with Gasteiger partial charge in [0, 0.05) is 53.6 Å². The second kappa shape index (κ2) is 12.9. The van der Waals surface area contributed by atoms with Crippen molar-refractivity contribution in [2.75, 3.05) is 4.90 Å². The van der Waals surface area contributed by atoms with Gasteiger partial charge >= 0.3 is 0 Å². The molecule has 2 nitrogen and oxygen atoms in total. The Hall–Kier alpha value is -6.94. The topological polar surface area (TPSA) is 16.4 Å². The zero-order chi connectivity index (χ0) is 36.3. The third-order valence-electron chi connectivity index (χ3n) is 10.9. The van der Waals surface area contributed by atoms with Crippen LogP contribution in [0.5, 0.6) is 0 Å². The third-order valence-corrected chi connectivity index (χ3v) is 12.0. The molecule has 0 saturated carbocycles. The molecule has 0 atom stereocenters. The van der Waals surface area contributed by atoms with Crippen LogP contribution in [0.25, 0.3) is 86.3 Å². The second-order valence-corrected chi connectivity index (χ2v) is 15.2. The number of furan rings is 1. The van der Waals surface area contributed by atoms with Gasteiger partial charge in [-0.05, 0) is 99.3 Å². The van der Waals surface area contributed by atoms with Gasteiger partial charge in [0.05, 0.1) is 0 Å². The molecule has 0 bridgehead atoms. The Balaban J connectivity index is 0.984. The van der Waals surface area contributed by atoms with Gasteiger partial charge in [0.15, 0.2) is 0 Å². The Labute approximate surface area is 322 Å². The molecule has 258 valence electrons. The van der Waals surface area contributed by atoms with Crippen molar-refractivity contribution in [2.24, 2.45) is 0 Å². The number of thiophene rings is 1. The van der Waals surface area contributed by atoms with Gasteiger partial charge in [-0.3, -0.25) is 0 Å². The van der Waals surface area contributed by atoms with Crippen molar-refractivity contribution < 1.29 is 4.42 Å². The molecule has 0 aliphatic heterocycles. The Morgan fingerprint density at radius 1 is 0.345 bits per heavy atom. The van der Waals surface area contributed by atoms with Crippen molar-refractivity contribution in [1.29, 1.82) is 0 Å². The molecule has 11 rings (SSSR count). The first kappa shape index (κ1) is 31.6. The van der Waals surface area contributed by atoms with Crippen molar-refractivity contribution in [3.05, 3.63) is 200 Å². The summed E-state index contributed by atoms with van der Waals surface area (Å²) < 4.78 is 9.04. The van der Waals surface area contributed by atoms with Crippen molar-refractivity contribution >= 4 is 81.3 Å². The maximum absolute atomic E-state index is 6.40. The highest BCUT2D eigenvalue weighted by Gasteiger charge is 2.17. The minimum absolute atomic E-state index is 0.909. The SMILES string of the molecule is c1ccc(-c2cccc(N(c3ccc(-c4ccc5c(c4)sc4cc6ccccc6cc45)cc3)c3ccc(-c4cccc5c4oc4ccccc45)cc3)c2)cc1. The minimum Gasteiger partial charge on any atom is -0.455 e. The normalized spacial score (nSPS) is 11.6. The number of benzene rings is 9. The molecular weight excluding hydrogens is 687 g/mol. The van der Waals surface area contributed by atoms with Crippen LogP contribution in [0.2, 0.25) is 0 Å². The maximum Gasteiger partial charge on any atom is 0.143 e. The van der Waals surface area contributed by atoms with Gasteiger partial charge in [-0.1, -0.05) is 140 Å². The van der Waals surface area contributed by atoms with Crippen LogP contribution in [0.3, 0.4) is 0 Å². The van der Waals surface area contributed by atoms with Crippen LogP contribution in [-0.2, 0) is 0 Å². The molecule has 0 radical (unpaired) electrons. The number of nitrogens with zero attached hydrogens (tertiary/aromatic N) is 1. The van der Waals surface area contributed by atoms with E-state index >= 15 is 0 Å². The summed E-state index contributed by atoms with van der Waals surface area (Å²) in [5, 5.41) is 7.49. The molecule has 11 aromatic rings. The van der Waals surface area contributed by atoms with E-state index in [1.807, 2.05) is 23.5 Å². The molecule has 2 heterocycles. The third kappa shape index (κ3) is 5.48. The van der Waals surface area contributed by atoms with Crippen LogP contribution >= 0.6 is 11.3 Å². The van der Waals surface area contributed by atoms with E-state index in [0.717, 1.165) is 50.1 Å². The fraction of sp³-hybridized carbons (Fsp3) is 0. The van der Waals surface area contributed by atoms with E-state index in [0.29, 0.717) is 0 Å². The van der Waals surface area contributed by atoms with E-state index in [-0.39, 0.29) is 0 Å². The fourth-order valence-electron chi connectivity index (χ4n) is 8.11. The lowest BCUT2D eigenvalue weighted by molar-refractivity contribution is 0.670. The predicted octanol–water partition coefficient (Wildman–Crippen LogP) is 15.6. The average Bonchev–Trinajstić information content (AvgIpc) is 3.81. The molecule has 0 aliphatic carbocycles. The molecule has 0 saturated heterocycles. The molecule has 0 N–H and O–H groups in total. The summed E-state index contributed by atoms with van der Waals surface area (Å²) in [6.45, 7) is 0. The quantitative estimate of drug-likeness (QED) is 0.170. The zero-order valence-electron chi connectivity index (χ0n) is 29.8. The number of anilines is 3. The maximum atomic E-state index is 6.40. The van der Waals surface area contributed by atoms with Gasteiger partial charge in [-0.15, -0.1) is 11.3 Å². The van der Waals surface area contributed by atoms with Gasteiger partial charge in [-0.25, -0.2) is 0 Å². The summed E-state index contributed by atoms with van der Waals surface area (Å²) in [5.74, 6) is 0. The predicted molar refractivity (Wildman–Crippen MR) is 235 cm³/mol. The van der Waals surface area contributed by atoms with Gasteiger partial charge < -0.3 is 9.32 Å². The first-order valence-corrected chi connectivity index (χ1v) is 19.5. The number of hydrogen-bond donors (Lipinski definition) is 0. The molecule has 3 heteroatoms. The van der Waals surface area contributed by atoms with E-state index in [4.69, 9.17) is 4.42 Å². The van der Waals surface area contributed by atoms with Gasteiger partial charge in [0.25, 0.3) is 0 Å². The Kier molecular flexibility index (Phi) is 7.39. The molecule has 0 unspecified atom stereocenters. The Bertz CT molecular complexity index is 3190. The Morgan fingerprint density at radius 3 is 1.76 bits per heavy atom. The summed E-state index contributed by atoms with van der Waals surface area (Å²) in [7, 11) is 0. The monoisotopic (exact) mass is 719 g/mol. The number of hydrogen-bond acceptors (Lipinski definition) is 3. The number of fused-ring (bicyclic) bond motifs is 7. The largest absolute Gasteiger partial charge is 0.455 e. The second-order valence-electron chi connectivity index (χ2n) is 14.1. The van der Waals surface area contributed by atoms with Gasteiger partial charge in [0.2, 0.25) is 0 Å². The number of rotatable bonds is 6. The molecule has 9 aromatic carbocycles. The lowest BCUT2D eigenvalue weighted by Crippen LogP contribution is -2.10. The van der Waals surface area contributed by atoms with E-state index in [2.05, 4.69) is 193 Å². The minimum atomic E-state index is 0.909. The lowest BCUT2D eigenvalue weighted by atomic mass is 10.0. The fourth-order valence-corrected chi connectivity index (χ4v) is 9.29. The van der Waals surface area contributed by atoms with E-state index < -0.39 is 0 Å². The van der Waals surface area contributed by atoms with Crippen LogP contribution in [0, 0.1) is 0 Å². The molecule has 0 spiro atoms. The number of para-hydroxylation sites is 2. The summed E-state index contributed by atoms with van der Waals surface area (Å²) in [4.78, 5) is 2.35. The highest BCUT2D eigenvalue weighted by Crippen LogP contribution is 2.42. The summed E-state index contributed by atoms with van der Waals surface area (Å²) in [6.07, 6.45) is 0. The molecular formula is C52H33NOS. The standard InChI is InChI=1S/C52H33NOS/c1-2-10-34(11-3-1)37-14-8-15-43(30-37)53(42-27-22-36(23-28-42)44-17-9-18-47-45-16-6-7-19-49(45)54-52(44)47)41-25-20-35(21-26-41)40-24-29-46-48-31-38-12-4-5-13-39(38)32-51(48)55-50(46)33-40/h1-33H. The first-order valence-electron chi connectivity index (χ1n) is 18.7. The summed E-state index contributed by atoms with van der Waals surface area (Å²) in [5.41, 5.74) is 12.1. The van der Waals surface area contributed by atoms with Gasteiger partial charge in [-0.2, -0.15) is 0 Å². The van der Waals surface area contributed by atoms with E-state index in [1.165, 1.54) is 53.2 Å². The molecule has 0 aliphatic rings. The van der Waals surface area contributed by atoms with Crippen LogP contribution in [0.4, 0.5) is 17.1 Å². The summed E-state index contributed by atoms with van der Waals surface area (Å²) in [6, 6.07) is 72.2. The van der Waals surface area contributed by atoms with E-state index in [1.54, 1.807) is 0 Å². The molecule has 2 aromatic heterocycles. The van der Waals surface area contributed by atoms with Crippen LogP contribution in [0.15, 0.2) is 205 Å².